The highest BCUT2D eigenvalue weighted by Crippen LogP contribution is 2.34. The Labute approximate surface area is 255 Å². The van der Waals surface area contributed by atoms with E-state index in [9.17, 15) is 31.2 Å². The smallest absolute Gasteiger partial charge is 0.446 e. The fourth-order valence-corrected chi connectivity index (χ4v) is 6.79. The van der Waals surface area contributed by atoms with Crippen LogP contribution in [0.1, 0.15) is 117 Å². The van der Waals surface area contributed by atoms with Gasteiger partial charge in [0, 0.05) is 24.4 Å². The van der Waals surface area contributed by atoms with Gasteiger partial charge in [0.15, 0.2) is 5.78 Å². The van der Waals surface area contributed by atoms with Crippen LogP contribution in [0.5, 0.6) is 0 Å². The van der Waals surface area contributed by atoms with E-state index in [1.165, 1.54) is 44.8 Å². The number of oxazole rings is 1. The standard InChI is InChI=1S/C30H39ClF3N3O5S/c31-24-15-13-22(14-16-28(39)36-43(40,41)30(32,33)34)23(18-24)19-37-17-7-11-26(37)29-35-25(20-42-29)27(38)12-6-2-5-10-21-8-3-1-4-9-21/h13,15,18,20-21,26H,1-12,14,16-17,19H2,(H,36,39)/t26-/m0/s1. The first-order valence-electron chi connectivity index (χ1n) is 15.0. The van der Waals surface area contributed by atoms with E-state index in [2.05, 4.69) is 9.88 Å². The second kappa shape index (κ2) is 15.0. The highest BCUT2D eigenvalue weighted by atomic mass is 35.5. The fourth-order valence-electron chi connectivity index (χ4n) is 6.07. The summed E-state index contributed by atoms with van der Waals surface area (Å²) in [4.78, 5) is 31.4. The molecule has 0 unspecified atom stereocenters. The number of Topliss-reactive ketones (excluding diaryl/α,β-unsaturated/α-hetero) is 1. The number of unbranched alkanes of at least 4 members (excludes halogenated alkanes) is 2. The third kappa shape index (κ3) is 9.52. The van der Waals surface area contributed by atoms with E-state index >= 15 is 0 Å². The molecule has 43 heavy (non-hydrogen) atoms. The van der Waals surface area contributed by atoms with Gasteiger partial charge >= 0.3 is 15.5 Å². The van der Waals surface area contributed by atoms with Crippen LogP contribution >= 0.6 is 11.6 Å². The minimum absolute atomic E-state index is 0.0164. The third-order valence-corrected chi connectivity index (χ3v) is 9.75. The van der Waals surface area contributed by atoms with E-state index in [0.29, 0.717) is 41.7 Å². The molecule has 2 fully saturated rings. The van der Waals surface area contributed by atoms with Crippen molar-refractivity contribution in [3.8, 4) is 0 Å². The van der Waals surface area contributed by atoms with E-state index in [1.807, 2.05) is 0 Å². The van der Waals surface area contributed by atoms with E-state index < -0.39 is 27.9 Å². The number of benzene rings is 1. The molecule has 4 rings (SSSR count). The molecule has 2 aliphatic rings. The van der Waals surface area contributed by atoms with Crippen LogP contribution in [-0.2, 0) is 27.8 Å². The number of ketones is 1. The highest BCUT2D eigenvalue weighted by molar-refractivity contribution is 7.90. The van der Waals surface area contributed by atoms with Gasteiger partial charge in [0.05, 0.1) is 6.04 Å². The first kappa shape index (κ1) is 33.5. The Kier molecular flexibility index (Phi) is 11.7. The van der Waals surface area contributed by atoms with Gasteiger partial charge in [-0.25, -0.2) is 9.71 Å². The first-order valence-corrected chi connectivity index (χ1v) is 16.9. The molecule has 0 radical (unpaired) electrons. The largest absolute Gasteiger partial charge is 0.516 e. The maximum atomic E-state index is 12.8. The van der Waals surface area contributed by atoms with Gasteiger partial charge in [0.25, 0.3) is 0 Å². The molecule has 0 spiro atoms. The molecular weight excluding hydrogens is 607 g/mol. The minimum atomic E-state index is -5.76. The minimum Gasteiger partial charge on any atom is -0.446 e. The predicted octanol–water partition coefficient (Wildman–Crippen LogP) is 7.28. The van der Waals surface area contributed by atoms with Crippen molar-refractivity contribution in [3.63, 3.8) is 0 Å². The Morgan fingerprint density at radius 1 is 1.02 bits per heavy atom. The van der Waals surface area contributed by atoms with Crippen LogP contribution in [0.2, 0.25) is 5.02 Å². The number of nitrogens with one attached hydrogen (secondary N) is 1. The number of carbonyl (C=O) groups excluding carboxylic acids is 2. The lowest BCUT2D eigenvalue weighted by atomic mass is 9.85. The number of alkyl halides is 3. The average molecular weight is 646 g/mol. The predicted molar refractivity (Wildman–Crippen MR) is 156 cm³/mol. The number of aromatic nitrogens is 1. The zero-order valence-corrected chi connectivity index (χ0v) is 25.7. The second-order valence-corrected chi connectivity index (χ2v) is 13.7. The molecule has 8 nitrogen and oxygen atoms in total. The van der Waals surface area contributed by atoms with E-state index in [-0.39, 0.29) is 18.2 Å². The molecule has 1 aromatic carbocycles. The molecule has 1 aromatic heterocycles. The van der Waals surface area contributed by atoms with Crippen LogP contribution in [0.25, 0.3) is 0 Å². The number of hydrogen-bond acceptors (Lipinski definition) is 7. The van der Waals surface area contributed by atoms with E-state index in [0.717, 1.165) is 48.3 Å². The number of amides is 1. The molecule has 1 amide bonds. The van der Waals surface area contributed by atoms with Crippen LogP contribution < -0.4 is 4.72 Å². The maximum Gasteiger partial charge on any atom is 0.516 e. The molecule has 1 N–H and O–H groups in total. The molecule has 238 valence electrons. The molecule has 2 heterocycles. The number of carbonyl (C=O) groups is 2. The quantitative estimate of drug-likeness (QED) is 0.170. The Morgan fingerprint density at radius 3 is 2.53 bits per heavy atom. The topological polar surface area (TPSA) is 110 Å². The number of likely N-dealkylation sites (tertiary alicyclic amines) is 1. The summed E-state index contributed by atoms with van der Waals surface area (Å²) < 4.78 is 67.1. The van der Waals surface area contributed by atoms with Crippen LogP contribution in [-0.4, -0.2) is 42.0 Å². The summed E-state index contributed by atoms with van der Waals surface area (Å²) in [6.45, 7) is 1.11. The van der Waals surface area contributed by atoms with Gasteiger partial charge in [-0.2, -0.15) is 21.6 Å². The normalized spacial score (nSPS) is 18.7. The van der Waals surface area contributed by atoms with Crippen molar-refractivity contribution < 1.29 is 35.6 Å². The second-order valence-electron chi connectivity index (χ2n) is 11.6. The summed E-state index contributed by atoms with van der Waals surface area (Å²) in [5.41, 5.74) is -3.84. The third-order valence-electron chi connectivity index (χ3n) is 8.41. The van der Waals surface area contributed by atoms with Gasteiger partial charge in [-0.3, -0.25) is 14.5 Å². The van der Waals surface area contributed by atoms with Crippen LogP contribution in [0.4, 0.5) is 13.2 Å². The Bertz CT molecular complexity index is 1360. The average Bonchev–Trinajstić information content (AvgIpc) is 3.62. The van der Waals surface area contributed by atoms with Crippen molar-refractivity contribution in [3.05, 3.63) is 52.2 Å². The van der Waals surface area contributed by atoms with Crippen molar-refractivity contribution in [2.75, 3.05) is 6.54 Å². The zero-order chi connectivity index (χ0) is 31.0. The van der Waals surface area contributed by atoms with Gasteiger partial charge in [-0.05, 0) is 61.4 Å². The summed E-state index contributed by atoms with van der Waals surface area (Å²) in [5.74, 6) is 0.0265. The van der Waals surface area contributed by atoms with Crippen molar-refractivity contribution in [2.24, 2.45) is 5.92 Å². The first-order chi connectivity index (χ1) is 20.4. The molecule has 0 bridgehead atoms. The van der Waals surface area contributed by atoms with Crippen molar-refractivity contribution >= 4 is 33.3 Å². The lowest BCUT2D eigenvalue weighted by Crippen LogP contribution is -2.40. The summed E-state index contributed by atoms with van der Waals surface area (Å²) in [7, 11) is -5.76. The molecule has 1 atom stereocenters. The van der Waals surface area contributed by atoms with Crippen molar-refractivity contribution in [1.82, 2.24) is 14.6 Å². The number of aryl methyl sites for hydroxylation is 1. The van der Waals surface area contributed by atoms with Crippen LogP contribution in [0.15, 0.2) is 28.9 Å². The molecule has 13 heteroatoms. The summed E-state index contributed by atoms with van der Waals surface area (Å²) in [6, 6.07) is 4.82. The van der Waals surface area contributed by atoms with E-state index in [1.54, 1.807) is 18.2 Å². The Balaban J connectivity index is 1.30. The lowest BCUT2D eigenvalue weighted by molar-refractivity contribution is -0.120. The molecule has 1 aliphatic carbocycles. The van der Waals surface area contributed by atoms with Gasteiger partial charge in [-0.15, -0.1) is 0 Å². The van der Waals surface area contributed by atoms with Crippen LogP contribution in [0, 0.1) is 5.92 Å². The van der Waals surface area contributed by atoms with E-state index in [4.69, 9.17) is 16.0 Å². The Morgan fingerprint density at radius 2 is 1.79 bits per heavy atom. The van der Waals surface area contributed by atoms with Crippen LogP contribution in [0.3, 0.4) is 0 Å². The summed E-state index contributed by atoms with van der Waals surface area (Å²) >= 11 is 6.22. The zero-order valence-electron chi connectivity index (χ0n) is 24.1. The van der Waals surface area contributed by atoms with Gasteiger partial charge < -0.3 is 4.42 Å². The fraction of sp³-hybridized carbons (Fsp3) is 0.633. The molecule has 2 aromatic rings. The Hall–Kier alpha value is -2.44. The maximum absolute atomic E-state index is 12.8. The van der Waals surface area contributed by atoms with Gasteiger partial charge in [0.1, 0.15) is 12.0 Å². The summed E-state index contributed by atoms with van der Waals surface area (Å²) in [5, 5.41) is 0.446. The lowest BCUT2D eigenvalue weighted by Gasteiger charge is -2.23. The number of halogens is 4. The van der Waals surface area contributed by atoms with Crippen molar-refractivity contribution in [2.45, 2.75) is 108 Å². The van der Waals surface area contributed by atoms with Gasteiger partial charge in [-0.1, -0.05) is 69.0 Å². The highest BCUT2D eigenvalue weighted by Gasteiger charge is 2.46. The molecular formula is C30H39ClF3N3O5S. The summed E-state index contributed by atoms with van der Waals surface area (Å²) in [6.07, 6.45) is 14.1. The molecule has 1 saturated carbocycles. The van der Waals surface area contributed by atoms with Crippen molar-refractivity contribution in [1.29, 1.82) is 0 Å². The number of nitrogens with zero attached hydrogens (tertiary/aromatic N) is 2. The number of rotatable bonds is 14. The molecule has 1 saturated heterocycles. The molecule has 1 aliphatic heterocycles. The monoisotopic (exact) mass is 645 g/mol. The van der Waals surface area contributed by atoms with Gasteiger partial charge in [0.2, 0.25) is 11.8 Å². The number of sulfonamides is 1. The number of hydrogen-bond donors (Lipinski definition) is 1. The SMILES string of the molecule is O=C(CCc1ccc(Cl)cc1CN1CCC[C@H]1c1nc(C(=O)CCCCCC2CCCCC2)co1)NS(=O)(=O)C(F)(F)F.